The van der Waals surface area contributed by atoms with Crippen LogP contribution in [0, 0.1) is 0 Å². The zero-order valence-corrected chi connectivity index (χ0v) is 17.9. The van der Waals surface area contributed by atoms with Gasteiger partial charge in [0.1, 0.15) is 9.84 Å². The number of aliphatic imine (C=N–C) groups is 1. The zero-order valence-electron chi connectivity index (χ0n) is 14.7. The average molecular weight is 448 g/mol. The molecule has 0 rings (SSSR count). The van der Waals surface area contributed by atoms with Crippen molar-refractivity contribution in [3.8, 4) is 0 Å². The van der Waals surface area contributed by atoms with Crippen LogP contribution in [0.2, 0.25) is 0 Å². The molecule has 0 amide bonds. The van der Waals surface area contributed by atoms with E-state index in [1.807, 2.05) is 0 Å². The maximum Gasteiger partial charge on any atom is 0.191 e. The standard InChI is InChI=1S/C14H32N4O2S.HI/c1-12(2)18(13(3)4)10-9-17-14(15-5)16-8-7-11-21(6,19)20;/h12-13H,7-11H2,1-6H3,(H2,15,16,17);1H. The topological polar surface area (TPSA) is 73.8 Å². The molecule has 0 saturated carbocycles. The Bertz CT molecular complexity index is 403. The maximum atomic E-state index is 11.0. The molecule has 8 heteroatoms. The molecule has 2 N–H and O–H groups in total. The maximum absolute atomic E-state index is 11.0. The van der Waals surface area contributed by atoms with Crippen LogP contribution in [0.5, 0.6) is 0 Å². The summed E-state index contributed by atoms with van der Waals surface area (Å²) in [5.41, 5.74) is 0. The molecule has 0 heterocycles. The lowest BCUT2D eigenvalue weighted by molar-refractivity contribution is 0.178. The molecule has 0 fully saturated rings. The first kappa shape index (κ1) is 24.2. The van der Waals surface area contributed by atoms with Crippen LogP contribution in [0.25, 0.3) is 0 Å². The Hall–Kier alpha value is -0.0900. The molecular weight excluding hydrogens is 415 g/mol. The van der Waals surface area contributed by atoms with Crippen molar-refractivity contribution in [2.45, 2.75) is 46.2 Å². The van der Waals surface area contributed by atoms with E-state index in [1.165, 1.54) is 6.26 Å². The Balaban J connectivity index is 0. The second-order valence-corrected chi connectivity index (χ2v) is 8.09. The van der Waals surface area contributed by atoms with E-state index in [0.717, 1.165) is 19.0 Å². The van der Waals surface area contributed by atoms with Crippen LogP contribution in [0.1, 0.15) is 34.1 Å². The summed E-state index contributed by atoms with van der Waals surface area (Å²) in [6.45, 7) is 11.1. The van der Waals surface area contributed by atoms with Gasteiger partial charge in [-0.2, -0.15) is 0 Å². The van der Waals surface area contributed by atoms with Crippen LogP contribution in [-0.4, -0.2) is 70.1 Å². The molecule has 6 nitrogen and oxygen atoms in total. The lowest BCUT2D eigenvalue weighted by Gasteiger charge is -2.30. The van der Waals surface area contributed by atoms with E-state index in [4.69, 9.17) is 0 Å². The predicted octanol–water partition coefficient (Wildman–Crippen LogP) is 1.32. The summed E-state index contributed by atoms with van der Waals surface area (Å²) in [5, 5.41) is 6.39. The van der Waals surface area contributed by atoms with Crippen molar-refractivity contribution in [2.75, 3.05) is 38.7 Å². The highest BCUT2D eigenvalue weighted by molar-refractivity contribution is 14.0. The highest BCUT2D eigenvalue weighted by Crippen LogP contribution is 2.03. The van der Waals surface area contributed by atoms with Gasteiger partial charge in [-0.05, 0) is 34.1 Å². The number of halogens is 1. The summed E-state index contributed by atoms with van der Waals surface area (Å²) in [4.78, 5) is 6.54. The van der Waals surface area contributed by atoms with E-state index in [1.54, 1.807) is 7.05 Å². The second kappa shape index (κ2) is 12.3. The number of guanidine groups is 1. The van der Waals surface area contributed by atoms with E-state index in [2.05, 4.69) is 48.2 Å². The highest BCUT2D eigenvalue weighted by atomic mass is 127. The summed E-state index contributed by atoms with van der Waals surface area (Å²) < 4.78 is 22.1. The monoisotopic (exact) mass is 448 g/mol. The lowest BCUT2D eigenvalue weighted by atomic mass is 10.2. The summed E-state index contributed by atoms with van der Waals surface area (Å²) in [7, 11) is -1.17. The van der Waals surface area contributed by atoms with Gasteiger partial charge in [0.25, 0.3) is 0 Å². The fraction of sp³-hybridized carbons (Fsp3) is 0.929. The first-order valence-corrected chi connectivity index (χ1v) is 9.61. The van der Waals surface area contributed by atoms with Crippen LogP contribution in [0.15, 0.2) is 4.99 Å². The molecule has 0 unspecified atom stereocenters. The van der Waals surface area contributed by atoms with Gasteiger partial charge >= 0.3 is 0 Å². The quantitative estimate of drug-likeness (QED) is 0.241. The molecule has 0 aliphatic heterocycles. The van der Waals surface area contributed by atoms with Gasteiger partial charge in [0.05, 0.1) is 5.75 Å². The first-order valence-electron chi connectivity index (χ1n) is 7.55. The van der Waals surface area contributed by atoms with Gasteiger partial charge in [-0.1, -0.05) is 0 Å². The van der Waals surface area contributed by atoms with Gasteiger partial charge in [0, 0.05) is 45.0 Å². The lowest BCUT2D eigenvalue weighted by Crippen LogP contribution is -2.45. The summed E-state index contributed by atoms with van der Waals surface area (Å²) in [6, 6.07) is 1.02. The number of hydrogen-bond acceptors (Lipinski definition) is 4. The van der Waals surface area contributed by atoms with Gasteiger partial charge in [-0.25, -0.2) is 8.42 Å². The predicted molar refractivity (Wildman–Crippen MR) is 106 cm³/mol. The Labute approximate surface area is 153 Å². The van der Waals surface area contributed by atoms with E-state index in [9.17, 15) is 8.42 Å². The van der Waals surface area contributed by atoms with Crippen molar-refractivity contribution < 1.29 is 8.42 Å². The number of sulfone groups is 1. The van der Waals surface area contributed by atoms with Gasteiger partial charge in [-0.15, -0.1) is 24.0 Å². The summed E-state index contributed by atoms with van der Waals surface area (Å²) in [5.74, 6) is 0.918. The van der Waals surface area contributed by atoms with Crippen LogP contribution >= 0.6 is 24.0 Å². The van der Waals surface area contributed by atoms with Crippen LogP contribution in [0.3, 0.4) is 0 Å². The Morgan fingerprint density at radius 3 is 2.00 bits per heavy atom. The molecule has 0 saturated heterocycles. The third-order valence-electron chi connectivity index (χ3n) is 3.20. The molecule has 0 aromatic carbocycles. The van der Waals surface area contributed by atoms with E-state index < -0.39 is 9.84 Å². The average Bonchev–Trinajstić information content (AvgIpc) is 2.34. The second-order valence-electron chi connectivity index (χ2n) is 5.83. The Kier molecular flexibility index (Phi) is 13.6. The summed E-state index contributed by atoms with van der Waals surface area (Å²) in [6.07, 6.45) is 1.84. The highest BCUT2D eigenvalue weighted by Gasteiger charge is 2.12. The molecule has 22 heavy (non-hydrogen) atoms. The van der Waals surface area contributed by atoms with Crippen LogP contribution < -0.4 is 10.6 Å². The molecule has 0 radical (unpaired) electrons. The molecule has 0 aliphatic carbocycles. The van der Waals surface area contributed by atoms with Crippen molar-refractivity contribution in [1.29, 1.82) is 0 Å². The number of nitrogens with zero attached hydrogens (tertiary/aromatic N) is 2. The van der Waals surface area contributed by atoms with Gasteiger partial charge in [0.15, 0.2) is 5.96 Å². The Morgan fingerprint density at radius 1 is 1.09 bits per heavy atom. The first-order chi connectivity index (χ1) is 9.67. The van der Waals surface area contributed by atoms with E-state index in [0.29, 0.717) is 25.0 Å². The number of rotatable bonds is 9. The molecule has 0 spiro atoms. The molecule has 0 bridgehead atoms. The minimum absolute atomic E-state index is 0. The molecule has 0 atom stereocenters. The van der Waals surface area contributed by atoms with Crippen molar-refractivity contribution in [3.63, 3.8) is 0 Å². The van der Waals surface area contributed by atoms with Gasteiger partial charge < -0.3 is 10.6 Å². The third kappa shape index (κ3) is 12.5. The summed E-state index contributed by atoms with van der Waals surface area (Å²) >= 11 is 0. The zero-order chi connectivity index (χ0) is 16.5. The van der Waals surface area contributed by atoms with Crippen molar-refractivity contribution in [3.05, 3.63) is 0 Å². The SMILES string of the molecule is CN=C(NCCCS(C)(=O)=O)NCCN(C(C)C)C(C)C.I. The smallest absolute Gasteiger partial charge is 0.191 e. The van der Waals surface area contributed by atoms with E-state index >= 15 is 0 Å². The third-order valence-corrected chi connectivity index (χ3v) is 4.23. The minimum Gasteiger partial charge on any atom is -0.356 e. The molecular formula is C14H33IN4O2S. The number of nitrogens with one attached hydrogen (secondary N) is 2. The van der Waals surface area contributed by atoms with Crippen molar-refractivity contribution in [1.82, 2.24) is 15.5 Å². The molecule has 0 aliphatic rings. The largest absolute Gasteiger partial charge is 0.356 e. The minimum atomic E-state index is -2.88. The van der Waals surface area contributed by atoms with Crippen LogP contribution in [-0.2, 0) is 9.84 Å². The fourth-order valence-electron chi connectivity index (χ4n) is 2.18. The normalized spacial score (nSPS) is 12.7. The van der Waals surface area contributed by atoms with E-state index in [-0.39, 0.29) is 29.7 Å². The number of hydrogen-bond donors (Lipinski definition) is 2. The van der Waals surface area contributed by atoms with Crippen molar-refractivity contribution >= 4 is 39.8 Å². The molecule has 134 valence electrons. The van der Waals surface area contributed by atoms with Crippen LogP contribution in [0.4, 0.5) is 0 Å². The van der Waals surface area contributed by atoms with Gasteiger partial charge in [-0.3, -0.25) is 9.89 Å². The molecule has 0 aromatic heterocycles. The van der Waals surface area contributed by atoms with Crippen molar-refractivity contribution in [2.24, 2.45) is 4.99 Å². The Morgan fingerprint density at radius 2 is 1.59 bits per heavy atom. The van der Waals surface area contributed by atoms with Gasteiger partial charge in [0.2, 0.25) is 0 Å². The molecule has 0 aromatic rings. The fourth-order valence-corrected chi connectivity index (χ4v) is 2.85.